The quantitative estimate of drug-likeness (QED) is 0.753. The summed E-state index contributed by atoms with van der Waals surface area (Å²) in [6, 6.07) is 7.90. The van der Waals surface area contributed by atoms with Crippen LogP contribution in [-0.2, 0) is 16.1 Å². The third kappa shape index (κ3) is 4.30. The van der Waals surface area contributed by atoms with Gasteiger partial charge in [0.2, 0.25) is 6.10 Å². The molecule has 3 N–H and O–H groups in total. The maximum Gasteiger partial charge on any atom is 0.340 e. The molecule has 0 bridgehead atoms. The first-order valence-corrected chi connectivity index (χ1v) is 5.75. The predicted octanol–water partition coefficient (Wildman–Crippen LogP) is 0.0464. The third-order valence-corrected chi connectivity index (χ3v) is 2.69. The number of rotatable bonds is 5. The van der Waals surface area contributed by atoms with Crippen molar-refractivity contribution in [1.29, 1.82) is 0 Å². The highest BCUT2D eigenvalue weighted by atomic mass is 79.9. The number of carbonyl (C=O) groups is 1. The summed E-state index contributed by atoms with van der Waals surface area (Å²) >= 11 is 3.35. The zero-order chi connectivity index (χ0) is 12.0. The van der Waals surface area contributed by atoms with Crippen molar-refractivity contribution >= 4 is 21.9 Å². The van der Waals surface area contributed by atoms with Crippen molar-refractivity contribution in [3.05, 3.63) is 34.3 Å². The highest BCUT2D eigenvalue weighted by Crippen LogP contribution is 2.09. The van der Waals surface area contributed by atoms with E-state index in [0.29, 0.717) is 6.54 Å². The monoisotopic (exact) mass is 288 g/mol. The molecule has 0 radical (unpaired) electrons. The molecule has 1 unspecified atom stereocenters. The van der Waals surface area contributed by atoms with Gasteiger partial charge in [-0.25, -0.2) is 4.79 Å². The average Bonchev–Trinajstić information content (AvgIpc) is 2.30. The minimum absolute atomic E-state index is 0.308. The minimum Gasteiger partial charge on any atom is -0.467 e. The Hall–Kier alpha value is -0.910. The standard InChI is InChI=1S/C11H14BrNO3/c1-16-11(15)10(14)7-13-6-8-2-4-9(12)5-3-8/h2-5,10,13-14H,6-7H2,1H3/p+1. The molecule has 0 spiro atoms. The first-order valence-electron chi connectivity index (χ1n) is 4.95. The fourth-order valence-corrected chi connectivity index (χ4v) is 1.52. The van der Waals surface area contributed by atoms with Gasteiger partial charge in [-0.1, -0.05) is 28.1 Å². The van der Waals surface area contributed by atoms with Gasteiger partial charge in [0, 0.05) is 10.0 Å². The van der Waals surface area contributed by atoms with Gasteiger partial charge in [0.05, 0.1) is 7.11 Å². The van der Waals surface area contributed by atoms with E-state index < -0.39 is 12.1 Å². The Morgan fingerprint density at radius 1 is 1.50 bits per heavy atom. The molecular weight excluding hydrogens is 274 g/mol. The summed E-state index contributed by atoms with van der Waals surface area (Å²) < 4.78 is 5.45. The summed E-state index contributed by atoms with van der Waals surface area (Å²) in [5, 5.41) is 11.2. The molecule has 4 nitrogen and oxygen atoms in total. The molecule has 0 aliphatic carbocycles. The van der Waals surface area contributed by atoms with Gasteiger partial charge >= 0.3 is 5.97 Å². The lowest BCUT2D eigenvalue weighted by molar-refractivity contribution is -0.674. The Bertz CT molecular complexity index is 340. The van der Waals surface area contributed by atoms with Crippen molar-refractivity contribution in [3.63, 3.8) is 0 Å². The van der Waals surface area contributed by atoms with Crippen molar-refractivity contribution in [2.24, 2.45) is 0 Å². The highest BCUT2D eigenvalue weighted by Gasteiger charge is 2.16. The zero-order valence-corrected chi connectivity index (χ0v) is 10.6. The van der Waals surface area contributed by atoms with Gasteiger partial charge in [-0.3, -0.25) is 0 Å². The fourth-order valence-electron chi connectivity index (χ4n) is 1.26. The number of aliphatic hydroxyl groups is 1. The summed E-state index contributed by atoms with van der Waals surface area (Å²) in [4.78, 5) is 10.9. The van der Waals surface area contributed by atoms with Gasteiger partial charge in [-0.05, 0) is 12.1 Å². The lowest BCUT2D eigenvalue weighted by atomic mass is 10.2. The number of methoxy groups -OCH3 is 1. The molecule has 0 aromatic heterocycles. The van der Waals surface area contributed by atoms with E-state index >= 15 is 0 Å². The number of esters is 1. The molecule has 0 heterocycles. The Morgan fingerprint density at radius 3 is 2.69 bits per heavy atom. The molecule has 0 aliphatic rings. The van der Waals surface area contributed by atoms with Crippen molar-refractivity contribution in [2.75, 3.05) is 13.7 Å². The summed E-state index contributed by atoms with van der Waals surface area (Å²) in [6.07, 6.45) is -1.06. The van der Waals surface area contributed by atoms with E-state index in [0.717, 1.165) is 16.6 Å². The maximum atomic E-state index is 10.9. The summed E-state index contributed by atoms with van der Waals surface area (Å²) in [7, 11) is 1.26. The van der Waals surface area contributed by atoms with Crippen LogP contribution in [0.2, 0.25) is 0 Å². The van der Waals surface area contributed by atoms with Crippen LogP contribution < -0.4 is 5.32 Å². The molecule has 0 saturated carbocycles. The van der Waals surface area contributed by atoms with E-state index in [1.54, 1.807) is 0 Å². The van der Waals surface area contributed by atoms with Crippen LogP contribution in [0, 0.1) is 0 Å². The largest absolute Gasteiger partial charge is 0.467 e. The number of quaternary nitrogens is 1. The summed E-state index contributed by atoms with van der Waals surface area (Å²) in [5.41, 5.74) is 1.14. The molecule has 0 fully saturated rings. The van der Waals surface area contributed by atoms with Gasteiger partial charge in [0.1, 0.15) is 13.1 Å². The number of hydrogen-bond acceptors (Lipinski definition) is 3. The molecule has 88 valence electrons. The Balaban J connectivity index is 2.30. The van der Waals surface area contributed by atoms with Crippen LogP contribution in [0.15, 0.2) is 28.7 Å². The molecule has 0 saturated heterocycles. The van der Waals surface area contributed by atoms with Gasteiger partial charge in [0.25, 0.3) is 0 Å². The SMILES string of the molecule is COC(=O)C(O)C[NH2+]Cc1ccc(Br)cc1. The summed E-state index contributed by atoms with van der Waals surface area (Å²) in [6.45, 7) is 1.03. The average molecular weight is 289 g/mol. The molecule has 1 aromatic carbocycles. The van der Waals surface area contributed by atoms with Crippen molar-refractivity contribution in [3.8, 4) is 0 Å². The number of nitrogens with two attached hydrogens (primary N) is 1. The smallest absolute Gasteiger partial charge is 0.340 e. The Kier molecular flexibility index (Phi) is 5.45. The van der Waals surface area contributed by atoms with Gasteiger partial charge in [-0.2, -0.15) is 0 Å². The van der Waals surface area contributed by atoms with E-state index in [-0.39, 0.29) is 0 Å². The molecule has 0 amide bonds. The number of aliphatic hydroxyl groups excluding tert-OH is 1. The fraction of sp³-hybridized carbons (Fsp3) is 0.364. The van der Waals surface area contributed by atoms with E-state index in [2.05, 4.69) is 20.7 Å². The number of ether oxygens (including phenoxy) is 1. The van der Waals surface area contributed by atoms with E-state index in [9.17, 15) is 9.90 Å². The van der Waals surface area contributed by atoms with Gasteiger partial charge in [0.15, 0.2) is 0 Å². The molecule has 0 aliphatic heterocycles. The maximum absolute atomic E-state index is 10.9. The van der Waals surface area contributed by atoms with Crippen LogP contribution in [-0.4, -0.2) is 30.8 Å². The van der Waals surface area contributed by atoms with E-state index in [1.165, 1.54) is 7.11 Å². The molecule has 1 aromatic rings. The number of benzene rings is 1. The lowest BCUT2D eigenvalue weighted by Gasteiger charge is -2.07. The van der Waals surface area contributed by atoms with Crippen molar-refractivity contribution in [2.45, 2.75) is 12.6 Å². The lowest BCUT2D eigenvalue weighted by Crippen LogP contribution is -2.85. The van der Waals surface area contributed by atoms with Crippen molar-refractivity contribution < 1.29 is 20.0 Å². The van der Waals surface area contributed by atoms with Crippen LogP contribution in [0.25, 0.3) is 0 Å². The van der Waals surface area contributed by atoms with Crippen LogP contribution in [0.5, 0.6) is 0 Å². The van der Waals surface area contributed by atoms with Gasteiger partial charge < -0.3 is 15.2 Å². The van der Waals surface area contributed by atoms with Crippen molar-refractivity contribution in [1.82, 2.24) is 0 Å². The molecule has 1 rings (SSSR count). The van der Waals surface area contributed by atoms with Crippen LogP contribution in [0.4, 0.5) is 0 Å². The number of carbonyl (C=O) groups excluding carboxylic acids is 1. The van der Waals surface area contributed by atoms with E-state index in [4.69, 9.17) is 0 Å². The minimum atomic E-state index is -1.06. The summed E-state index contributed by atoms with van der Waals surface area (Å²) in [5.74, 6) is -0.591. The van der Waals surface area contributed by atoms with Crippen LogP contribution >= 0.6 is 15.9 Å². The van der Waals surface area contributed by atoms with Crippen LogP contribution in [0.3, 0.4) is 0 Å². The second-order valence-electron chi connectivity index (χ2n) is 3.39. The third-order valence-electron chi connectivity index (χ3n) is 2.16. The highest BCUT2D eigenvalue weighted by molar-refractivity contribution is 9.10. The molecule has 5 heteroatoms. The molecule has 16 heavy (non-hydrogen) atoms. The second kappa shape index (κ2) is 6.62. The Morgan fingerprint density at radius 2 is 2.12 bits per heavy atom. The Labute approximate surface area is 103 Å². The van der Waals surface area contributed by atoms with Gasteiger partial charge in [-0.15, -0.1) is 0 Å². The number of halogens is 1. The first-order chi connectivity index (χ1) is 7.63. The zero-order valence-electron chi connectivity index (χ0n) is 9.02. The topological polar surface area (TPSA) is 63.1 Å². The number of hydrogen-bond donors (Lipinski definition) is 2. The first kappa shape index (κ1) is 13.2. The molecular formula is C11H15BrNO3+. The second-order valence-corrected chi connectivity index (χ2v) is 4.31. The van der Waals surface area contributed by atoms with E-state index in [1.807, 2.05) is 29.6 Å². The normalized spacial score (nSPS) is 12.2. The molecule has 1 atom stereocenters. The van der Waals surface area contributed by atoms with Crippen LogP contribution in [0.1, 0.15) is 5.56 Å². The predicted molar refractivity (Wildman–Crippen MR) is 62.7 cm³/mol.